The first-order chi connectivity index (χ1) is 8.84. The number of benzene rings is 2. The van der Waals surface area contributed by atoms with Crippen LogP contribution < -0.4 is 0 Å². The molecule has 0 heterocycles. The molecule has 0 spiro atoms. The Kier molecular flexibility index (Phi) is 3.11. The molecule has 0 amide bonds. The van der Waals surface area contributed by atoms with Crippen LogP contribution in [-0.2, 0) is 5.75 Å². The van der Waals surface area contributed by atoms with Crippen LogP contribution in [0.3, 0.4) is 0 Å². The Labute approximate surface area is 111 Å². The first-order valence-corrected chi connectivity index (χ1v) is 7.01. The topological polar surface area (TPSA) is 20.2 Å². The summed E-state index contributed by atoms with van der Waals surface area (Å²) in [5.74, 6) is 1.31. The van der Waals surface area contributed by atoms with E-state index in [1.54, 1.807) is 6.07 Å². The van der Waals surface area contributed by atoms with Crippen molar-refractivity contribution in [2.75, 3.05) is 0 Å². The number of phenols is 1. The average molecular weight is 254 g/mol. The van der Waals surface area contributed by atoms with Gasteiger partial charge in [-0.3, -0.25) is 0 Å². The highest BCUT2D eigenvalue weighted by Gasteiger charge is 2.06. The summed E-state index contributed by atoms with van der Waals surface area (Å²) in [6, 6.07) is 11.8. The van der Waals surface area contributed by atoms with Crippen molar-refractivity contribution >= 4 is 22.5 Å². The maximum Gasteiger partial charge on any atom is 0.123 e. The molecule has 1 aliphatic carbocycles. The fraction of sp³-hybridized carbons (Fsp3) is 0.125. The Morgan fingerprint density at radius 3 is 2.67 bits per heavy atom. The molecule has 0 saturated carbocycles. The Balaban J connectivity index is 1.90. The van der Waals surface area contributed by atoms with Crippen molar-refractivity contribution in [3.05, 3.63) is 65.1 Å². The third kappa shape index (κ3) is 2.16. The van der Waals surface area contributed by atoms with Gasteiger partial charge in [0.2, 0.25) is 0 Å². The molecule has 90 valence electrons. The normalized spacial score (nSPS) is 14.1. The fourth-order valence-corrected chi connectivity index (χ4v) is 3.16. The zero-order valence-electron chi connectivity index (χ0n) is 9.97. The summed E-state index contributed by atoms with van der Waals surface area (Å²) in [5, 5.41) is 11.9. The van der Waals surface area contributed by atoms with Crippen LogP contribution in [0, 0.1) is 0 Å². The standard InChI is InChI=1S/C16H14OS/c17-16-10-9-12(11-18-13-5-1-2-6-13)14-7-3-4-8-15(14)16/h1-5,7-10,17H,6,11H2. The molecule has 0 atom stereocenters. The number of fused-ring (bicyclic) bond motifs is 1. The van der Waals surface area contributed by atoms with Crippen LogP contribution in [0.15, 0.2) is 59.5 Å². The highest BCUT2D eigenvalue weighted by Crippen LogP contribution is 2.33. The molecule has 1 aliphatic rings. The van der Waals surface area contributed by atoms with Crippen molar-refractivity contribution in [2.45, 2.75) is 12.2 Å². The lowest BCUT2D eigenvalue weighted by Gasteiger charge is -2.08. The Bertz CT molecular complexity index is 641. The third-order valence-electron chi connectivity index (χ3n) is 3.14. The molecule has 1 N–H and O–H groups in total. The third-order valence-corrected chi connectivity index (χ3v) is 4.27. The number of allylic oxidation sites excluding steroid dienone is 4. The molecule has 0 aliphatic heterocycles. The van der Waals surface area contributed by atoms with E-state index in [1.165, 1.54) is 10.5 Å². The highest BCUT2D eigenvalue weighted by molar-refractivity contribution is 8.02. The van der Waals surface area contributed by atoms with E-state index in [1.807, 2.05) is 36.0 Å². The number of aromatic hydroxyl groups is 1. The largest absolute Gasteiger partial charge is 0.507 e. The molecule has 2 aromatic rings. The van der Waals surface area contributed by atoms with E-state index < -0.39 is 0 Å². The Morgan fingerprint density at radius 1 is 1.06 bits per heavy atom. The van der Waals surface area contributed by atoms with Crippen LogP contribution in [-0.4, -0.2) is 5.11 Å². The van der Waals surface area contributed by atoms with E-state index in [0.717, 1.165) is 22.9 Å². The molecule has 0 bridgehead atoms. The van der Waals surface area contributed by atoms with Gasteiger partial charge in [-0.05, 0) is 28.3 Å². The minimum absolute atomic E-state index is 0.362. The highest BCUT2D eigenvalue weighted by atomic mass is 32.2. The zero-order valence-corrected chi connectivity index (χ0v) is 10.8. The smallest absolute Gasteiger partial charge is 0.123 e. The summed E-state index contributed by atoms with van der Waals surface area (Å²) in [6.45, 7) is 0. The van der Waals surface area contributed by atoms with Gasteiger partial charge in [-0.1, -0.05) is 48.6 Å². The van der Waals surface area contributed by atoms with Crippen LogP contribution in [0.5, 0.6) is 5.75 Å². The monoisotopic (exact) mass is 254 g/mol. The number of thioether (sulfide) groups is 1. The zero-order chi connectivity index (χ0) is 12.4. The predicted molar refractivity (Wildman–Crippen MR) is 78.7 cm³/mol. The summed E-state index contributed by atoms with van der Waals surface area (Å²) >= 11 is 1.87. The minimum atomic E-state index is 0.362. The first kappa shape index (κ1) is 11.4. The van der Waals surface area contributed by atoms with Crippen molar-refractivity contribution in [3.63, 3.8) is 0 Å². The van der Waals surface area contributed by atoms with Crippen molar-refractivity contribution in [1.29, 1.82) is 0 Å². The molecule has 0 fully saturated rings. The Morgan fingerprint density at radius 2 is 1.89 bits per heavy atom. The van der Waals surface area contributed by atoms with E-state index >= 15 is 0 Å². The molecule has 0 saturated heterocycles. The van der Waals surface area contributed by atoms with Gasteiger partial charge in [0.15, 0.2) is 0 Å². The van der Waals surface area contributed by atoms with Crippen LogP contribution in [0.1, 0.15) is 12.0 Å². The molecule has 2 aromatic carbocycles. The number of rotatable bonds is 3. The average Bonchev–Trinajstić information content (AvgIpc) is 2.92. The lowest BCUT2D eigenvalue weighted by Crippen LogP contribution is -1.85. The summed E-state index contributed by atoms with van der Waals surface area (Å²) in [6.07, 6.45) is 7.52. The van der Waals surface area contributed by atoms with E-state index in [9.17, 15) is 5.11 Å². The van der Waals surface area contributed by atoms with Gasteiger partial charge in [0, 0.05) is 11.1 Å². The van der Waals surface area contributed by atoms with Crippen molar-refractivity contribution in [2.24, 2.45) is 0 Å². The predicted octanol–water partition coefficient (Wildman–Crippen LogP) is 4.62. The van der Waals surface area contributed by atoms with Gasteiger partial charge in [0.05, 0.1) is 0 Å². The summed E-state index contributed by atoms with van der Waals surface area (Å²) in [7, 11) is 0. The molecular weight excluding hydrogens is 240 g/mol. The maximum absolute atomic E-state index is 9.85. The van der Waals surface area contributed by atoms with Crippen LogP contribution >= 0.6 is 11.8 Å². The second-order valence-corrected chi connectivity index (χ2v) is 5.45. The number of hydrogen-bond acceptors (Lipinski definition) is 2. The Hall–Kier alpha value is -1.67. The molecule has 3 rings (SSSR count). The van der Waals surface area contributed by atoms with E-state index in [-0.39, 0.29) is 0 Å². The van der Waals surface area contributed by atoms with Gasteiger partial charge in [0.1, 0.15) is 5.75 Å². The summed E-state index contributed by atoms with van der Waals surface area (Å²) in [5.41, 5.74) is 1.28. The van der Waals surface area contributed by atoms with Gasteiger partial charge < -0.3 is 5.11 Å². The van der Waals surface area contributed by atoms with Crippen molar-refractivity contribution < 1.29 is 5.11 Å². The molecular formula is C16H14OS. The minimum Gasteiger partial charge on any atom is -0.507 e. The molecule has 18 heavy (non-hydrogen) atoms. The SMILES string of the molecule is Oc1ccc(CSC2=CC=CC2)c2ccccc12. The van der Waals surface area contributed by atoms with Gasteiger partial charge >= 0.3 is 0 Å². The van der Waals surface area contributed by atoms with Crippen LogP contribution in [0.25, 0.3) is 10.8 Å². The quantitative estimate of drug-likeness (QED) is 0.862. The number of hydrogen-bond donors (Lipinski definition) is 1. The van der Waals surface area contributed by atoms with Crippen molar-refractivity contribution in [3.8, 4) is 5.75 Å². The molecule has 0 unspecified atom stereocenters. The second-order valence-electron chi connectivity index (χ2n) is 4.34. The second kappa shape index (κ2) is 4.91. The number of phenolic OH excluding ortho intramolecular Hbond substituents is 1. The van der Waals surface area contributed by atoms with E-state index in [0.29, 0.717) is 5.75 Å². The summed E-state index contributed by atoms with van der Waals surface area (Å²) < 4.78 is 0. The van der Waals surface area contributed by atoms with Crippen molar-refractivity contribution in [1.82, 2.24) is 0 Å². The molecule has 2 heteroatoms. The van der Waals surface area contributed by atoms with Gasteiger partial charge in [-0.15, -0.1) is 11.8 Å². The first-order valence-electron chi connectivity index (χ1n) is 6.03. The van der Waals surface area contributed by atoms with Gasteiger partial charge in [-0.25, -0.2) is 0 Å². The lowest BCUT2D eigenvalue weighted by molar-refractivity contribution is 0.481. The van der Waals surface area contributed by atoms with E-state index in [4.69, 9.17) is 0 Å². The fourth-order valence-electron chi connectivity index (χ4n) is 2.18. The summed E-state index contributed by atoms with van der Waals surface area (Å²) in [4.78, 5) is 1.41. The molecule has 0 radical (unpaired) electrons. The lowest BCUT2D eigenvalue weighted by atomic mass is 10.1. The van der Waals surface area contributed by atoms with E-state index in [2.05, 4.69) is 24.3 Å². The van der Waals surface area contributed by atoms with Crippen LogP contribution in [0.4, 0.5) is 0 Å². The van der Waals surface area contributed by atoms with Gasteiger partial charge in [-0.2, -0.15) is 0 Å². The van der Waals surface area contributed by atoms with Crippen LogP contribution in [0.2, 0.25) is 0 Å². The van der Waals surface area contributed by atoms with Gasteiger partial charge in [0.25, 0.3) is 0 Å². The maximum atomic E-state index is 9.85. The molecule has 1 nitrogen and oxygen atoms in total. The molecule has 0 aromatic heterocycles.